The fourth-order valence-electron chi connectivity index (χ4n) is 2.84. The minimum atomic E-state index is 0.519. The van der Waals surface area contributed by atoms with Crippen molar-refractivity contribution in [1.82, 2.24) is 4.98 Å². The summed E-state index contributed by atoms with van der Waals surface area (Å²) < 4.78 is 5.24. The predicted molar refractivity (Wildman–Crippen MR) is 96.5 cm³/mol. The number of hydrogen-bond donors (Lipinski definition) is 1. The van der Waals surface area contributed by atoms with Gasteiger partial charge in [-0.2, -0.15) is 0 Å². The monoisotopic (exact) mass is 325 g/mol. The van der Waals surface area contributed by atoms with Gasteiger partial charge in [0.1, 0.15) is 12.0 Å². The van der Waals surface area contributed by atoms with Crippen LogP contribution in [0.3, 0.4) is 0 Å². The van der Waals surface area contributed by atoms with Gasteiger partial charge in [0, 0.05) is 33.5 Å². The fraction of sp³-hybridized carbons (Fsp3) is 0.211. The molecule has 0 aliphatic heterocycles. The number of carbonyl (C=O) groups is 1. The van der Waals surface area contributed by atoms with Gasteiger partial charge in [-0.3, -0.25) is 0 Å². The standard InChI is InChI=1S/C19H19NO2S/c1-22-14-7-5-13(6-8-14)19-16-10-9-15(23-2)12-18(16)20-17(19)4-3-11-21/h5-12,20H,3-4H2,1-2H3. The van der Waals surface area contributed by atoms with Crippen LogP contribution in [0, 0.1) is 0 Å². The zero-order valence-corrected chi connectivity index (χ0v) is 14.1. The maximum atomic E-state index is 10.8. The Kier molecular flexibility index (Phi) is 4.72. The first-order chi connectivity index (χ1) is 11.3. The summed E-state index contributed by atoms with van der Waals surface area (Å²) in [6.07, 6.45) is 4.28. The van der Waals surface area contributed by atoms with Crippen LogP contribution in [0.5, 0.6) is 5.75 Å². The molecule has 3 nitrogen and oxygen atoms in total. The van der Waals surface area contributed by atoms with E-state index in [0.717, 1.165) is 28.8 Å². The number of aldehydes is 1. The van der Waals surface area contributed by atoms with E-state index in [1.165, 1.54) is 15.8 Å². The number of benzene rings is 2. The van der Waals surface area contributed by atoms with Crippen LogP contribution in [-0.2, 0) is 11.2 Å². The van der Waals surface area contributed by atoms with E-state index < -0.39 is 0 Å². The van der Waals surface area contributed by atoms with E-state index in [4.69, 9.17) is 4.74 Å². The van der Waals surface area contributed by atoms with Gasteiger partial charge in [0.05, 0.1) is 7.11 Å². The van der Waals surface area contributed by atoms with Crippen molar-refractivity contribution in [2.45, 2.75) is 17.7 Å². The Hall–Kier alpha value is -2.20. The van der Waals surface area contributed by atoms with Crippen molar-refractivity contribution in [2.75, 3.05) is 13.4 Å². The van der Waals surface area contributed by atoms with Crippen LogP contribution in [0.1, 0.15) is 12.1 Å². The van der Waals surface area contributed by atoms with Crippen LogP contribution in [0.25, 0.3) is 22.0 Å². The number of rotatable bonds is 6. The number of ether oxygens (including phenoxy) is 1. The second kappa shape index (κ2) is 6.92. The van der Waals surface area contributed by atoms with E-state index in [0.29, 0.717) is 12.8 Å². The lowest BCUT2D eigenvalue weighted by Gasteiger charge is -2.06. The highest BCUT2D eigenvalue weighted by atomic mass is 32.2. The molecule has 2 aromatic carbocycles. The van der Waals surface area contributed by atoms with Gasteiger partial charge in [-0.25, -0.2) is 0 Å². The number of thioether (sulfide) groups is 1. The molecular weight excluding hydrogens is 306 g/mol. The molecule has 3 rings (SSSR count). The summed E-state index contributed by atoms with van der Waals surface area (Å²) >= 11 is 1.72. The average molecular weight is 325 g/mol. The van der Waals surface area contributed by atoms with Crippen LogP contribution in [0.2, 0.25) is 0 Å². The van der Waals surface area contributed by atoms with E-state index in [2.05, 4.69) is 41.6 Å². The van der Waals surface area contributed by atoms with E-state index in [1.807, 2.05) is 12.1 Å². The largest absolute Gasteiger partial charge is 0.497 e. The van der Waals surface area contributed by atoms with Gasteiger partial charge in [-0.05, 0) is 42.5 Å². The van der Waals surface area contributed by atoms with Crippen molar-refractivity contribution >= 4 is 29.0 Å². The third-order valence-electron chi connectivity index (χ3n) is 3.97. The molecule has 0 aliphatic carbocycles. The summed E-state index contributed by atoms with van der Waals surface area (Å²) in [5.41, 5.74) is 4.53. The smallest absolute Gasteiger partial charge is 0.120 e. The lowest BCUT2D eigenvalue weighted by molar-refractivity contribution is -0.107. The highest BCUT2D eigenvalue weighted by molar-refractivity contribution is 7.98. The molecule has 0 fully saturated rings. The summed E-state index contributed by atoms with van der Waals surface area (Å²) in [5, 5.41) is 1.19. The Labute approximate surface area is 140 Å². The highest BCUT2D eigenvalue weighted by Gasteiger charge is 2.13. The van der Waals surface area contributed by atoms with Gasteiger partial charge in [0.2, 0.25) is 0 Å². The summed E-state index contributed by atoms with van der Waals surface area (Å²) in [7, 11) is 1.67. The molecule has 3 aromatic rings. The molecule has 0 atom stereocenters. The van der Waals surface area contributed by atoms with Gasteiger partial charge in [-0.15, -0.1) is 11.8 Å². The Morgan fingerprint density at radius 1 is 1.17 bits per heavy atom. The first-order valence-corrected chi connectivity index (χ1v) is 8.76. The first kappa shape index (κ1) is 15.7. The van der Waals surface area contributed by atoms with Crippen molar-refractivity contribution in [3.8, 4) is 16.9 Å². The van der Waals surface area contributed by atoms with Crippen molar-refractivity contribution in [2.24, 2.45) is 0 Å². The lowest BCUT2D eigenvalue weighted by atomic mass is 10.00. The molecule has 1 heterocycles. The van der Waals surface area contributed by atoms with Crippen LogP contribution in [0.15, 0.2) is 47.4 Å². The zero-order chi connectivity index (χ0) is 16.2. The predicted octanol–water partition coefficient (Wildman–Crippen LogP) is 4.70. The molecule has 0 saturated heterocycles. The minimum Gasteiger partial charge on any atom is -0.497 e. The summed E-state index contributed by atoms with van der Waals surface area (Å²) in [5.74, 6) is 0.840. The summed E-state index contributed by atoms with van der Waals surface area (Å²) in [6.45, 7) is 0. The maximum Gasteiger partial charge on any atom is 0.120 e. The fourth-order valence-corrected chi connectivity index (χ4v) is 3.28. The molecule has 0 bridgehead atoms. The third-order valence-corrected chi connectivity index (χ3v) is 4.70. The summed E-state index contributed by atoms with van der Waals surface area (Å²) in [6, 6.07) is 14.5. The van der Waals surface area contributed by atoms with E-state index in [1.54, 1.807) is 18.9 Å². The molecule has 1 N–H and O–H groups in total. The molecular formula is C19H19NO2S. The highest BCUT2D eigenvalue weighted by Crippen LogP contribution is 2.35. The van der Waals surface area contributed by atoms with Gasteiger partial charge in [0.25, 0.3) is 0 Å². The molecule has 0 radical (unpaired) electrons. The van der Waals surface area contributed by atoms with Crippen molar-refractivity contribution in [3.63, 3.8) is 0 Å². The number of aromatic amines is 1. The quantitative estimate of drug-likeness (QED) is 0.528. The molecule has 0 spiro atoms. The van der Waals surface area contributed by atoms with Crippen LogP contribution in [-0.4, -0.2) is 24.6 Å². The number of methoxy groups -OCH3 is 1. The molecule has 0 aliphatic rings. The minimum absolute atomic E-state index is 0.519. The van der Waals surface area contributed by atoms with Crippen LogP contribution in [0.4, 0.5) is 0 Å². The van der Waals surface area contributed by atoms with Crippen LogP contribution >= 0.6 is 11.8 Å². The molecule has 1 aromatic heterocycles. The second-order valence-electron chi connectivity index (χ2n) is 5.32. The van der Waals surface area contributed by atoms with Crippen LogP contribution < -0.4 is 4.74 Å². The molecule has 0 amide bonds. The average Bonchev–Trinajstić information content (AvgIpc) is 2.97. The molecule has 4 heteroatoms. The molecule has 118 valence electrons. The molecule has 23 heavy (non-hydrogen) atoms. The number of carbonyl (C=O) groups excluding carboxylic acids is 1. The number of hydrogen-bond acceptors (Lipinski definition) is 3. The van der Waals surface area contributed by atoms with Gasteiger partial charge >= 0.3 is 0 Å². The first-order valence-electron chi connectivity index (χ1n) is 7.53. The number of aromatic nitrogens is 1. The normalized spacial score (nSPS) is 10.9. The second-order valence-corrected chi connectivity index (χ2v) is 6.20. The molecule has 0 saturated carbocycles. The number of fused-ring (bicyclic) bond motifs is 1. The van der Waals surface area contributed by atoms with E-state index >= 15 is 0 Å². The Morgan fingerprint density at radius 3 is 2.61 bits per heavy atom. The zero-order valence-electron chi connectivity index (χ0n) is 13.3. The Bertz CT molecular complexity index is 821. The van der Waals surface area contributed by atoms with Gasteiger partial charge < -0.3 is 14.5 Å². The van der Waals surface area contributed by atoms with Crippen molar-refractivity contribution in [1.29, 1.82) is 0 Å². The third kappa shape index (κ3) is 3.13. The number of aryl methyl sites for hydroxylation is 1. The lowest BCUT2D eigenvalue weighted by Crippen LogP contribution is -1.90. The number of H-pyrrole nitrogens is 1. The Balaban J connectivity index is 2.15. The summed E-state index contributed by atoms with van der Waals surface area (Å²) in [4.78, 5) is 15.5. The topological polar surface area (TPSA) is 42.1 Å². The van der Waals surface area contributed by atoms with E-state index in [9.17, 15) is 4.79 Å². The SMILES string of the molecule is COc1ccc(-c2c(CCC=O)[nH]c3cc(SC)ccc23)cc1. The van der Waals surface area contributed by atoms with E-state index in [-0.39, 0.29) is 0 Å². The van der Waals surface area contributed by atoms with Gasteiger partial charge in [-0.1, -0.05) is 18.2 Å². The molecule has 0 unspecified atom stereocenters. The van der Waals surface area contributed by atoms with Crippen molar-refractivity contribution in [3.05, 3.63) is 48.2 Å². The van der Waals surface area contributed by atoms with Crippen molar-refractivity contribution < 1.29 is 9.53 Å². The Morgan fingerprint density at radius 2 is 1.96 bits per heavy atom. The maximum absolute atomic E-state index is 10.8. The van der Waals surface area contributed by atoms with Gasteiger partial charge in [0.15, 0.2) is 0 Å². The number of nitrogens with one attached hydrogen (secondary N) is 1.